The molecule has 6 nitrogen and oxygen atoms in total. The number of hydrogen-bond acceptors (Lipinski definition) is 4. The van der Waals surface area contributed by atoms with Gasteiger partial charge in [-0.1, -0.05) is 6.07 Å². The Balaban J connectivity index is 1.90. The second-order valence-corrected chi connectivity index (χ2v) is 4.11. The van der Waals surface area contributed by atoms with Crippen molar-refractivity contribution in [2.45, 2.75) is 25.5 Å². The smallest absolute Gasteiger partial charge is 0.410 e. The summed E-state index contributed by atoms with van der Waals surface area (Å²) in [4.78, 5) is 27.9. The molecule has 2 rings (SSSR count). The summed E-state index contributed by atoms with van der Waals surface area (Å²) in [7, 11) is 0. The van der Waals surface area contributed by atoms with Crippen LogP contribution in [0.1, 0.15) is 18.4 Å². The zero-order valence-electron chi connectivity index (χ0n) is 9.78. The maximum absolute atomic E-state index is 11.8. The summed E-state index contributed by atoms with van der Waals surface area (Å²) in [5, 5.41) is 8.96. The summed E-state index contributed by atoms with van der Waals surface area (Å²) in [6.07, 6.45) is 3.83. The van der Waals surface area contributed by atoms with Crippen LogP contribution in [0.25, 0.3) is 0 Å². The number of likely N-dealkylation sites (tertiary alicyclic amines) is 1. The van der Waals surface area contributed by atoms with Gasteiger partial charge < -0.3 is 9.84 Å². The molecule has 0 unspecified atom stereocenters. The number of amides is 1. The molecule has 1 saturated heterocycles. The molecule has 1 amide bonds. The minimum absolute atomic E-state index is 0.107. The van der Waals surface area contributed by atoms with Gasteiger partial charge in [-0.2, -0.15) is 0 Å². The Kier molecular flexibility index (Phi) is 3.76. The molecule has 0 radical (unpaired) electrons. The molecule has 0 aromatic carbocycles. The molecule has 1 aliphatic heterocycles. The van der Waals surface area contributed by atoms with Crippen LogP contribution >= 0.6 is 0 Å². The topological polar surface area (TPSA) is 79.7 Å². The number of ether oxygens (including phenoxy) is 1. The highest BCUT2D eigenvalue weighted by Crippen LogP contribution is 2.18. The Morgan fingerprint density at radius 3 is 3.06 bits per heavy atom. The van der Waals surface area contributed by atoms with E-state index in [1.807, 2.05) is 0 Å². The molecule has 1 aliphatic rings. The summed E-state index contributed by atoms with van der Waals surface area (Å²) in [6, 6.07) is 2.78. The number of hydrogen-bond donors (Lipinski definition) is 1. The molecule has 1 atom stereocenters. The van der Waals surface area contributed by atoms with Crippen LogP contribution < -0.4 is 0 Å². The van der Waals surface area contributed by atoms with Crippen molar-refractivity contribution in [2.24, 2.45) is 0 Å². The number of carboxylic acid groups (broad SMARTS) is 1. The minimum Gasteiger partial charge on any atom is -0.480 e. The lowest BCUT2D eigenvalue weighted by molar-refractivity contribution is -0.141. The number of nitrogens with zero attached hydrogens (tertiary/aromatic N) is 2. The van der Waals surface area contributed by atoms with Crippen LogP contribution in [0.5, 0.6) is 0 Å². The van der Waals surface area contributed by atoms with Gasteiger partial charge in [0.2, 0.25) is 0 Å². The van der Waals surface area contributed by atoms with Crippen molar-refractivity contribution in [3.8, 4) is 0 Å². The van der Waals surface area contributed by atoms with E-state index in [0.29, 0.717) is 19.4 Å². The Morgan fingerprint density at radius 2 is 2.39 bits per heavy atom. The standard InChI is InChI=1S/C12H14N2O4/c15-11(16)10-4-2-6-14(10)12(17)18-8-9-3-1-5-13-7-9/h1,3,5,7,10H,2,4,6,8H2,(H,15,16)/t10-/m0/s1. The molecule has 0 bridgehead atoms. The van der Waals surface area contributed by atoms with Gasteiger partial charge in [-0.25, -0.2) is 9.59 Å². The number of pyridine rings is 1. The zero-order valence-corrected chi connectivity index (χ0v) is 9.78. The summed E-state index contributed by atoms with van der Waals surface area (Å²) < 4.78 is 5.08. The zero-order chi connectivity index (χ0) is 13.0. The first-order valence-electron chi connectivity index (χ1n) is 5.73. The predicted octanol–water partition coefficient (Wildman–Crippen LogP) is 1.27. The lowest BCUT2D eigenvalue weighted by Gasteiger charge is -2.20. The number of rotatable bonds is 3. The van der Waals surface area contributed by atoms with Crippen molar-refractivity contribution in [1.29, 1.82) is 0 Å². The fourth-order valence-corrected chi connectivity index (χ4v) is 1.95. The molecule has 6 heteroatoms. The van der Waals surface area contributed by atoms with Crippen molar-refractivity contribution in [3.05, 3.63) is 30.1 Å². The van der Waals surface area contributed by atoms with Gasteiger partial charge in [0.25, 0.3) is 0 Å². The number of aromatic nitrogens is 1. The van der Waals surface area contributed by atoms with Gasteiger partial charge in [-0.15, -0.1) is 0 Å². The molecule has 0 spiro atoms. The maximum Gasteiger partial charge on any atom is 0.410 e. The van der Waals surface area contributed by atoms with Gasteiger partial charge in [-0.3, -0.25) is 9.88 Å². The molecule has 18 heavy (non-hydrogen) atoms. The second-order valence-electron chi connectivity index (χ2n) is 4.11. The Bertz CT molecular complexity index is 435. The number of carbonyl (C=O) groups excluding carboxylic acids is 1. The van der Waals surface area contributed by atoms with Crippen molar-refractivity contribution >= 4 is 12.1 Å². The van der Waals surface area contributed by atoms with Crippen molar-refractivity contribution in [3.63, 3.8) is 0 Å². The molecule has 0 saturated carbocycles. The lowest BCUT2D eigenvalue weighted by atomic mass is 10.2. The summed E-state index contributed by atoms with van der Waals surface area (Å²) in [5.74, 6) is -0.981. The number of carbonyl (C=O) groups is 2. The van der Waals surface area contributed by atoms with E-state index in [0.717, 1.165) is 5.56 Å². The highest BCUT2D eigenvalue weighted by atomic mass is 16.6. The van der Waals surface area contributed by atoms with Crippen LogP contribution in [0, 0.1) is 0 Å². The van der Waals surface area contributed by atoms with E-state index in [1.165, 1.54) is 4.90 Å². The SMILES string of the molecule is O=C(O)[C@@H]1CCCN1C(=O)OCc1cccnc1. The highest BCUT2D eigenvalue weighted by Gasteiger charge is 2.34. The number of aliphatic carboxylic acids is 1. The van der Waals surface area contributed by atoms with Gasteiger partial charge in [0, 0.05) is 24.5 Å². The van der Waals surface area contributed by atoms with E-state index in [1.54, 1.807) is 24.5 Å². The molecule has 1 N–H and O–H groups in total. The maximum atomic E-state index is 11.8. The third kappa shape index (κ3) is 2.77. The lowest BCUT2D eigenvalue weighted by Crippen LogP contribution is -2.40. The largest absolute Gasteiger partial charge is 0.480 e. The van der Waals surface area contributed by atoms with E-state index in [-0.39, 0.29) is 6.61 Å². The average Bonchev–Trinajstić information content (AvgIpc) is 2.86. The molecule has 96 valence electrons. The number of carboxylic acids is 1. The predicted molar refractivity (Wildman–Crippen MR) is 61.8 cm³/mol. The van der Waals surface area contributed by atoms with Crippen molar-refractivity contribution in [2.75, 3.05) is 6.54 Å². The monoisotopic (exact) mass is 250 g/mol. The Labute approximate surface area is 104 Å². The molecule has 0 aliphatic carbocycles. The molecule has 1 fully saturated rings. The van der Waals surface area contributed by atoms with Gasteiger partial charge in [-0.05, 0) is 18.9 Å². The van der Waals surface area contributed by atoms with E-state index in [2.05, 4.69) is 4.98 Å². The third-order valence-electron chi connectivity index (χ3n) is 2.86. The second kappa shape index (κ2) is 5.48. The molecule has 1 aromatic heterocycles. The Morgan fingerprint density at radius 1 is 1.56 bits per heavy atom. The third-order valence-corrected chi connectivity index (χ3v) is 2.86. The van der Waals surface area contributed by atoms with Gasteiger partial charge >= 0.3 is 12.1 Å². The highest BCUT2D eigenvalue weighted by molar-refractivity contribution is 5.80. The first kappa shape index (κ1) is 12.3. The van der Waals surface area contributed by atoms with Crippen molar-refractivity contribution in [1.82, 2.24) is 9.88 Å². The minimum atomic E-state index is -0.981. The fraction of sp³-hybridized carbons (Fsp3) is 0.417. The van der Waals surface area contributed by atoms with E-state index < -0.39 is 18.1 Å². The van der Waals surface area contributed by atoms with E-state index >= 15 is 0 Å². The average molecular weight is 250 g/mol. The van der Waals surface area contributed by atoms with Crippen LogP contribution in [0.3, 0.4) is 0 Å². The van der Waals surface area contributed by atoms with Crippen LogP contribution in [-0.2, 0) is 16.1 Å². The van der Waals surface area contributed by atoms with Crippen molar-refractivity contribution < 1.29 is 19.4 Å². The first-order valence-corrected chi connectivity index (χ1v) is 5.73. The summed E-state index contributed by atoms with van der Waals surface area (Å²) in [5.41, 5.74) is 0.775. The van der Waals surface area contributed by atoms with Crippen LogP contribution in [0.15, 0.2) is 24.5 Å². The van der Waals surface area contributed by atoms with Gasteiger partial charge in [0.1, 0.15) is 12.6 Å². The first-order chi connectivity index (χ1) is 8.68. The van der Waals surface area contributed by atoms with Crippen LogP contribution in [0.2, 0.25) is 0 Å². The van der Waals surface area contributed by atoms with E-state index in [9.17, 15) is 9.59 Å². The summed E-state index contributed by atoms with van der Waals surface area (Å²) >= 11 is 0. The molecular formula is C12H14N2O4. The van der Waals surface area contributed by atoms with Crippen LogP contribution in [0.4, 0.5) is 4.79 Å². The van der Waals surface area contributed by atoms with Gasteiger partial charge in [0.15, 0.2) is 0 Å². The van der Waals surface area contributed by atoms with E-state index in [4.69, 9.17) is 9.84 Å². The molecule has 2 heterocycles. The normalized spacial score (nSPS) is 18.7. The quantitative estimate of drug-likeness (QED) is 0.873. The van der Waals surface area contributed by atoms with Crippen LogP contribution in [-0.4, -0.2) is 39.6 Å². The Hall–Kier alpha value is -2.11. The van der Waals surface area contributed by atoms with Gasteiger partial charge in [0.05, 0.1) is 0 Å². The molecular weight excluding hydrogens is 236 g/mol. The fourth-order valence-electron chi connectivity index (χ4n) is 1.95. The molecule has 1 aromatic rings. The summed E-state index contributed by atoms with van der Waals surface area (Å²) in [6.45, 7) is 0.540.